The Kier molecular flexibility index (Phi) is 14.2. The molecule has 0 aromatic heterocycles. The molecule has 97 heavy (non-hydrogen) atoms. The molecule has 0 unspecified atom stereocenters. The summed E-state index contributed by atoms with van der Waals surface area (Å²) in [6.45, 7) is 53.2. The van der Waals surface area contributed by atoms with Crippen LogP contribution in [-0.2, 0) is 48.7 Å². The summed E-state index contributed by atoms with van der Waals surface area (Å²) in [5.41, 5.74) is 35.0. The normalized spacial score (nSPS) is 17.7. The zero-order chi connectivity index (χ0) is 69.0. The lowest BCUT2D eigenvalue weighted by Gasteiger charge is -2.50. The van der Waals surface area contributed by atoms with Gasteiger partial charge >= 0.3 is 0 Å². The molecule has 2 aliphatic heterocycles. The van der Waals surface area contributed by atoms with Crippen molar-refractivity contribution in [2.24, 2.45) is 0 Å². The second-order valence-corrected chi connectivity index (χ2v) is 36.2. The van der Waals surface area contributed by atoms with Crippen LogP contribution in [0.4, 0.5) is 51.2 Å². The van der Waals surface area contributed by atoms with Crippen LogP contribution in [0.25, 0.3) is 11.1 Å². The Morgan fingerprint density at radius 1 is 0.320 bits per heavy atom. The molecule has 10 aromatic carbocycles. The molecule has 0 saturated heterocycles. The zero-order valence-corrected chi connectivity index (χ0v) is 62.3. The molecule has 3 nitrogen and oxygen atoms in total. The molecule has 492 valence electrons. The van der Waals surface area contributed by atoms with Gasteiger partial charge in [0, 0.05) is 67.0 Å². The molecule has 3 aliphatic carbocycles. The molecule has 0 atom stereocenters. The average molecular weight is 1270 g/mol. The fourth-order valence-electron chi connectivity index (χ4n) is 18.2. The Labute approximate surface area is 582 Å². The van der Waals surface area contributed by atoms with E-state index in [2.05, 4.69) is 361 Å². The van der Waals surface area contributed by atoms with Crippen molar-refractivity contribution < 1.29 is 0 Å². The SMILES string of the molecule is Cc1cc2c(cc1N1c3cc4c(cc3B3c5cc6c(cc5N(c5ccc(C(C)(C)C)cc5-c5ccccc5)c5cc(N(c7ccc(C(C)(C)C)cc7)c7ccc(C(C)(C)C)cc7)cc1c53)C(C)(C)c1ccccc1C6(C)C)C(C)(C)c1ccccc1C4(C)C)C(C)(C)CCC2(C)C. The lowest BCUT2D eigenvalue weighted by Crippen LogP contribution is -2.62. The van der Waals surface area contributed by atoms with Gasteiger partial charge in [0.1, 0.15) is 0 Å². The van der Waals surface area contributed by atoms with Gasteiger partial charge in [-0.05, 0) is 213 Å². The standard InChI is InChI=1S/C93H102BN3/c1-57-48-70-71(89(13,14)47-46-88(70,11)12)54-79(57)97-81-56-75-73(91(17,18)67-33-27-29-35-69(67)93(75,21)22)53-77(81)94-76-52-72-74(92(19,20)68-34-28-26-32-66(68)90(72,15)16)55-80(76)96(78-45-40-61(87(8,9)10)49-65(78)58-30-24-23-25-31-58)82-50-64(51-83(97)84(82)94)95(62-41-36-59(37-42-62)85(2,3)4)63-43-38-60(39-44-63)86(5,6)7/h23-45,48-56H,46-47H2,1-22H3. The minimum Gasteiger partial charge on any atom is -0.311 e. The van der Waals surface area contributed by atoms with Crippen molar-refractivity contribution in [3.63, 3.8) is 0 Å². The van der Waals surface area contributed by atoms with E-state index in [4.69, 9.17) is 0 Å². The number of rotatable bonds is 6. The van der Waals surface area contributed by atoms with Crippen molar-refractivity contribution >= 4 is 74.3 Å². The number of hydrogen-bond donors (Lipinski definition) is 0. The minimum absolute atomic E-state index is 0.0248. The van der Waals surface area contributed by atoms with Gasteiger partial charge in [-0.3, -0.25) is 0 Å². The summed E-state index contributed by atoms with van der Waals surface area (Å²) in [5, 5.41) is 0. The van der Waals surface area contributed by atoms with Gasteiger partial charge in [0.15, 0.2) is 0 Å². The molecule has 0 fully saturated rings. The van der Waals surface area contributed by atoms with Gasteiger partial charge in [0.25, 0.3) is 6.71 Å². The Morgan fingerprint density at radius 3 is 1.09 bits per heavy atom. The first-order valence-corrected chi connectivity index (χ1v) is 36.2. The first kappa shape index (κ1) is 64.6. The molecular weight excluding hydrogens is 1170 g/mol. The van der Waals surface area contributed by atoms with Gasteiger partial charge in [0.05, 0.1) is 11.4 Å². The molecule has 2 heterocycles. The minimum atomic E-state index is -0.321. The molecule has 4 heteroatoms. The highest BCUT2D eigenvalue weighted by molar-refractivity contribution is 7.00. The molecule has 0 amide bonds. The number of anilines is 9. The van der Waals surface area contributed by atoms with Gasteiger partial charge in [-0.2, -0.15) is 0 Å². The fourth-order valence-corrected chi connectivity index (χ4v) is 18.2. The van der Waals surface area contributed by atoms with E-state index >= 15 is 0 Å². The quantitative estimate of drug-likeness (QED) is 0.154. The number of aryl methyl sites for hydroxylation is 1. The maximum Gasteiger partial charge on any atom is 0.252 e. The van der Waals surface area contributed by atoms with Crippen LogP contribution in [-0.4, -0.2) is 6.71 Å². The molecule has 15 rings (SSSR count). The lowest BCUT2D eigenvalue weighted by atomic mass is 9.32. The first-order chi connectivity index (χ1) is 45.4. The summed E-state index contributed by atoms with van der Waals surface area (Å²) < 4.78 is 0. The molecule has 0 saturated carbocycles. The van der Waals surface area contributed by atoms with Crippen molar-refractivity contribution in [2.45, 2.75) is 214 Å². The number of nitrogens with zero attached hydrogens (tertiary/aromatic N) is 3. The third kappa shape index (κ3) is 9.84. The number of benzene rings is 10. The molecule has 0 spiro atoms. The summed E-state index contributed by atoms with van der Waals surface area (Å²) in [6, 6.07) is 77.7. The van der Waals surface area contributed by atoms with E-state index in [1.54, 1.807) is 0 Å². The Bertz CT molecular complexity index is 4810. The van der Waals surface area contributed by atoms with Crippen LogP contribution >= 0.6 is 0 Å². The molecular formula is C93H102BN3. The third-order valence-corrected chi connectivity index (χ3v) is 24.4. The maximum absolute atomic E-state index is 2.79. The van der Waals surface area contributed by atoms with E-state index in [1.807, 2.05) is 0 Å². The molecule has 10 aromatic rings. The highest BCUT2D eigenvalue weighted by Gasteiger charge is 2.52. The van der Waals surface area contributed by atoms with Crippen molar-refractivity contribution in [1.29, 1.82) is 0 Å². The summed E-state index contributed by atoms with van der Waals surface area (Å²) in [5.74, 6) is 0. The maximum atomic E-state index is 2.79. The van der Waals surface area contributed by atoms with Crippen LogP contribution in [0, 0.1) is 6.92 Å². The Hall–Kier alpha value is -8.34. The van der Waals surface area contributed by atoms with Gasteiger partial charge in [-0.15, -0.1) is 0 Å². The van der Waals surface area contributed by atoms with Crippen molar-refractivity contribution in [1.82, 2.24) is 0 Å². The molecule has 5 aliphatic rings. The van der Waals surface area contributed by atoms with Crippen LogP contribution in [0.15, 0.2) is 194 Å². The van der Waals surface area contributed by atoms with E-state index in [-0.39, 0.29) is 55.4 Å². The number of fused-ring (bicyclic) bond motifs is 9. The van der Waals surface area contributed by atoms with Gasteiger partial charge in [0.2, 0.25) is 0 Å². The summed E-state index contributed by atoms with van der Waals surface area (Å²) in [7, 11) is 0. The van der Waals surface area contributed by atoms with Gasteiger partial charge in [-0.1, -0.05) is 273 Å². The van der Waals surface area contributed by atoms with E-state index in [9.17, 15) is 0 Å². The largest absolute Gasteiger partial charge is 0.311 e. The van der Waals surface area contributed by atoms with Gasteiger partial charge in [-0.25, -0.2) is 0 Å². The molecule has 0 N–H and O–H groups in total. The predicted molar refractivity (Wildman–Crippen MR) is 418 cm³/mol. The lowest BCUT2D eigenvalue weighted by molar-refractivity contribution is 0.332. The monoisotopic (exact) mass is 1270 g/mol. The summed E-state index contributed by atoms with van der Waals surface area (Å²) >= 11 is 0. The van der Waals surface area contributed by atoms with Crippen molar-refractivity contribution in [2.75, 3.05) is 14.7 Å². The summed E-state index contributed by atoms with van der Waals surface area (Å²) in [4.78, 5) is 8.12. The van der Waals surface area contributed by atoms with Gasteiger partial charge < -0.3 is 14.7 Å². The average Bonchev–Trinajstić information content (AvgIpc) is 0.521. The third-order valence-electron chi connectivity index (χ3n) is 24.4. The zero-order valence-electron chi connectivity index (χ0n) is 62.3. The topological polar surface area (TPSA) is 9.72 Å². The van der Waals surface area contributed by atoms with Crippen LogP contribution in [0.2, 0.25) is 0 Å². The van der Waals surface area contributed by atoms with Crippen LogP contribution in [0.1, 0.15) is 236 Å². The first-order valence-electron chi connectivity index (χ1n) is 36.2. The predicted octanol–water partition coefficient (Wildman–Crippen LogP) is 23.4. The second-order valence-electron chi connectivity index (χ2n) is 36.2. The Balaban J connectivity index is 1.15. The van der Waals surface area contributed by atoms with E-state index in [0.29, 0.717) is 0 Å². The Morgan fingerprint density at radius 2 is 0.680 bits per heavy atom. The highest BCUT2D eigenvalue weighted by atomic mass is 15.2. The van der Waals surface area contributed by atoms with Crippen LogP contribution in [0.5, 0.6) is 0 Å². The molecule has 0 bridgehead atoms. The fraction of sp³-hybridized carbons (Fsp3) is 0.355. The van der Waals surface area contributed by atoms with Crippen LogP contribution in [0.3, 0.4) is 0 Å². The molecule has 0 radical (unpaired) electrons. The highest BCUT2D eigenvalue weighted by Crippen LogP contribution is 2.58. The number of hydrogen-bond acceptors (Lipinski definition) is 3. The van der Waals surface area contributed by atoms with Crippen LogP contribution < -0.4 is 31.1 Å². The van der Waals surface area contributed by atoms with E-state index in [1.165, 1.54) is 140 Å². The van der Waals surface area contributed by atoms with Crippen molar-refractivity contribution in [3.8, 4) is 11.1 Å². The van der Waals surface area contributed by atoms with E-state index < -0.39 is 0 Å². The smallest absolute Gasteiger partial charge is 0.252 e. The van der Waals surface area contributed by atoms with E-state index in [0.717, 1.165) is 29.9 Å². The second kappa shape index (κ2) is 21.3. The summed E-state index contributed by atoms with van der Waals surface area (Å²) in [6.07, 6.45) is 2.27. The van der Waals surface area contributed by atoms with Crippen molar-refractivity contribution in [3.05, 3.63) is 272 Å².